The fourth-order valence-corrected chi connectivity index (χ4v) is 2.25. The Balaban J connectivity index is 2.67. The van der Waals surface area contributed by atoms with Crippen LogP contribution in [-0.4, -0.2) is 17.6 Å². The summed E-state index contributed by atoms with van der Waals surface area (Å²) in [6.07, 6.45) is 6.04. The molecule has 2 atom stereocenters. The average molecular weight is 285 g/mol. The molecule has 0 aromatic carbocycles. The minimum absolute atomic E-state index is 0.547. The van der Waals surface area contributed by atoms with Crippen LogP contribution in [0.25, 0.3) is 0 Å². The molecule has 0 saturated carbocycles. The van der Waals surface area contributed by atoms with Crippen molar-refractivity contribution in [3.05, 3.63) is 28.5 Å². The maximum atomic E-state index is 4.21. The molecule has 90 valence electrons. The Bertz CT molecular complexity index is 315. The zero-order valence-electron chi connectivity index (χ0n) is 10.3. The molecule has 0 bridgehead atoms. The van der Waals surface area contributed by atoms with Crippen LogP contribution in [-0.2, 0) is 6.42 Å². The lowest BCUT2D eigenvalue weighted by Gasteiger charge is -2.23. The molecular formula is C13H21BrN2. The van der Waals surface area contributed by atoms with E-state index in [1.54, 1.807) is 0 Å². The van der Waals surface area contributed by atoms with Gasteiger partial charge in [0.2, 0.25) is 0 Å². The molecule has 0 saturated heterocycles. The second-order valence-electron chi connectivity index (χ2n) is 4.27. The summed E-state index contributed by atoms with van der Waals surface area (Å²) >= 11 is 3.46. The summed E-state index contributed by atoms with van der Waals surface area (Å²) in [5.41, 5.74) is 1.29. The lowest BCUT2D eigenvalue weighted by atomic mass is 9.93. The van der Waals surface area contributed by atoms with Crippen molar-refractivity contribution in [2.75, 3.05) is 6.54 Å². The Hall–Kier alpha value is -0.410. The van der Waals surface area contributed by atoms with E-state index in [9.17, 15) is 0 Å². The molecule has 0 amide bonds. The van der Waals surface area contributed by atoms with Crippen molar-refractivity contribution >= 4 is 15.9 Å². The van der Waals surface area contributed by atoms with Crippen LogP contribution < -0.4 is 5.32 Å². The van der Waals surface area contributed by atoms with Gasteiger partial charge in [-0.3, -0.25) is 4.98 Å². The highest BCUT2D eigenvalue weighted by Crippen LogP contribution is 2.16. The van der Waals surface area contributed by atoms with E-state index in [2.05, 4.69) is 53.1 Å². The van der Waals surface area contributed by atoms with Gasteiger partial charge in [0, 0.05) is 22.9 Å². The van der Waals surface area contributed by atoms with Crippen LogP contribution in [0.5, 0.6) is 0 Å². The number of nitrogens with one attached hydrogen (secondary N) is 1. The van der Waals surface area contributed by atoms with Gasteiger partial charge in [0.15, 0.2) is 0 Å². The summed E-state index contributed by atoms with van der Waals surface area (Å²) in [5, 5.41) is 3.56. The fraction of sp³-hybridized carbons (Fsp3) is 0.615. The number of rotatable bonds is 6. The van der Waals surface area contributed by atoms with Gasteiger partial charge in [0.1, 0.15) is 0 Å². The second-order valence-corrected chi connectivity index (χ2v) is 5.18. The number of hydrogen-bond acceptors (Lipinski definition) is 2. The lowest BCUT2D eigenvalue weighted by molar-refractivity contribution is 0.371. The molecule has 0 aliphatic rings. The van der Waals surface area contributed by atoms with E-state index in [4.69, 9.17) is 0 Å². The summed E-state index contributed by atoms with van der Waals surface area (Å²) in [6, 6.07) is 2.70. The summed E-state index contributed by atoms with van der Waals surface area (Å²) in [5.74, 6) is 0.693. The highest BCUT2D eigenvalue weighted by Gasteiger charge is 2.15. The molecule has 0 fully saturated rings. The number of hydrogen-bond donors (Lipinski definition) is 1. The summed E-state index contributed by atoms with van der Waals surface area (Å²) < 4.78 is 1.06. The zero-order valence-corrected chi connectivity index (χ0v) is 11.9. The smallest absolute Gasteiger partial charge is 0.0410 e. The largest absolute Gasteiger partial charge is 0.314 e. The van der Waals surface area contributed by atoms with Crippen LogP contribution >= 0.6 is 15.9 Å². The summed E-state index contributed by atoms with van der Waals surface area (Å²) in [7, 11) is 0. The first-order valence-corrected chi connectivity index (χ1v) is 6.79. The van der Waals surface area contributed by atoms with Crippen LogP contribution in [0.15, 0.2) is 22.9 Å². The Labute approximate surface area is 107 Å². The first kappa shape index (κ1) is 13.7. The normalized spacial score (nSPS) is 14.8. The van der Waals surface area contributed by atoms with E-state index in [1.165, 1.54) is 12.0 Å². The van der Waals surface area contributed by atoms with Gasteiger partial charge in [-0.05, 0) is 46.4 Å². The molecule has 2 nitrogen and oxygen atoms in total. The van der Waals surface area contributed by atoms with Crippen molar-refractivity contribution in [3.8, 4) is 0 Å². The lowest BCUT2D eigenvalue weighted by Crippen LogP contribution is -2.36. The molecule has 0 aliphatic carbocycles. The van der Waals surface area contributed by atoms with Crippen molar-refractivity contribution in [3.63, 3.8) is 0 Å². The number of pyridine rings is 1. The van der Waals surface area contributed by atoms with Gasteiger partial charge in [-0.1, -0.05) is 27.2 Å². The fourth-order valence-electron chi connectivity index (χ4n) is 1.84. The predicted molar refractivity (Wildman–Crippen MR) is 72.6 cm³/mol. The predicted octanol–water partition coefficient (Wildman–Crippen LogP) is 3.41. The minimum Gasteiger partial charge on any atom is -0.314 e. The van der Waals surface area contributed by atoms with Crippen LogP contribution in [0.4, 0.5) is 0 Å². The topological polar surface area (TPSA) is 24.9 Å². The van der Waals surface area contributed by atoms with Gasteiger partial charge in [-0.15, -0.1) is 0 Å². The maximum absolute atomic E-state index is 4.21. The maximum Gasteiger partial charge on any atom is 0.0410 e. The molecular weight excluding hydrogens is 264 g/mol. The van der Waals surface area contributed by atoms with Crippen molar-refractivity contribution in [1.29, 1.82) is 0 Å². The molecule has 0 radical (unpaired) electrons. The van der Waals surface area contributed by atoms with Crippen LogP contribution in [0.1, 0.15) is 32.8 Å². The first-order chi connectivity index (χ1) is 7.67. The number of halogens is 1. The average Bonchev–Trinajstić information content (AvgIpc) is 2.27. The van der Waals surface area contributed by atoms with E-state index >= 15 is 0 Å². The molecule has 16 heavy (non-hydrogen) atoms. The molecule has 1 heterocycles. The second kappa shape index (κ2) is 7.02. The van der Waals surface area contributed by atoms with E-state index in [0.717, 1.165) is 17.4 Å². The first-order valence-electron chi connectivity index (χ1n) is 6.00. The summed E-state index contributed by atoms with van der Waals surface area (Å²) in [4.78, 5) is 4.21. The third-order valence-corrected chi connectivity index (χ3v) is 3.45. The SMILES string of the molecule is CCNC(Cc1cncc(Br)c1)C(C)CC. The third kappa shape index (κ3) is 4.22. The molecule has 1 N–H and O–H groups in total. The molecule has 0 aliphatic heterocycles. The Morgan fingerprint density at radius 3 is 2.69 bits per heavy atom. The van der Waals surface area contributed by atoms with E-state index in [0.29, 0.717) is 12.0 Å². The number of likely N-dealkylation sites (N-methyl/N-ethyl adjacent to an activating group) is 1. The highest BCUT2D eigenvalue weighted by atomic mass is 79.9. The molecule has 0 spiro atoms. The van der Waals surface area contributed by atoms with Crippen molar-refractivity contribution in [2.45, 2.75) is 39.7 Å². The Kier molecular flexibility index (Phi) is 5.99. The Morgan fingerprint density at radius 2 is 2.12 bits per heavy atom. The number of aromatic nitrogens is 1. The van der Waals surface area contributed by atoms with Crippen LogP contribution in [0.2, 0.25) is 0 Å². The van der Waals surface area contributed by atoms with E-state index < -0.39 is 0 Å². The van der Waals surface area contributed by atoms with Crippen LogP contribution in [0.3, 0.4) is 0 Å². The van der Waals surface area contributed by atoms with E-state index in [-0.39, 0.29) is 0 Å². The van der Waals surface area contributed by atoms with Gasteiger partial charge in [-0.25, -0.2) is 0 Å². The van der Waals surface area contributed by atoms with Gasteiger partial charge in [0.25, 0.3) is 0 Å². The molecule has 1 rings (SSSR count). The molecule has 1 aromatic heterocycles. The van der Waals surface area contributed by atoms with Gasteiger partial charge in [0.05, 0.1) is 0 Å². The minimum atomic E-state index is 0.547. The molecule has 2 unspecified atom stereocenters. The van der Waals surface area contributed by atoms with Gasteiger partial charge in [-0.2, -0.15) is 0 Å². The number of nitrogens with zero attached hydrogens (tertiary/aromatic N) is 1. The van der Waals surface area contributed by atoms with Crippen LogP contribution in [0, 0.1) is 5.92 Å². The summed E-state index contributed by atoms with van der Waals surface area (Å²) in [6.45, 7) is 7.73. The van der Waals surface area contributed by atoms with Gasteiger partial charge >= 0.3 is 0 Å². The standard InChI is InChI=1S/C13H21BrN2/c1-4-10(3)13(16-5-2)7-11-6-12(14)9-15-8-11/h6,8-10,13,16H,4-5,7H2,1-3H3. The monoisotopic (exact) mass is 284 g/mol. The molecule has 1 aromatic rings. The van der Waals surface area contributed by atoms with Crippen molar-refractivity contribution < 1.29 is 0 Å². The van der Waals surface area contributed by atoms with E-state index in [1.807, 2.05) is 12.4 Å². The highest BCUT2D eigenvalue weighted by molar-refractivity contribution is 9.10. The third-order valence-electron chi connectivity index (χ3n) is 3.01. The quantitative estimate of drug-likeness (QED) is 0.866. The molecule has 3 heteroatoms. The van der Waals surface area contributed by atoms with Crippen molar-refractivity contribution in [2.24, 2.45) is 5.92 Å². The van der Waals surface area contributed by atoms with Gasteiger partial charge < -0.3 is 5.32 Å². The van der Waals surface area contributed by atoms with Crippen molar-refractivity contribution in [1.82, 2.24) is 10.3 Å². The Morgan fingerprint density at radius 1 is 1.38 bits per heavy atom. The zero-order chi connectivity index (χ0) is 12.0.